The van der Waals surface area contributed by atoms with Crippen LogP contribution in [0.2, 0.25) is 0 Å². The normalized spacial score (nSPS) is 16.9. The summed E-state index contributed by atoms with van der Waals surface area (Å²) in [7, 11) is 0. The molecule has 1 aliphatic rings. The highest BCUT2D eigenvalue weighted by molar-refractivity contribution is 5.95. The van der Waals surface area contributed by atoms with Crippen molar-refractivity contribution in [3.63, 3.8) is 0 Å². The Morgan fingerprint density at radius 2 is 1.68 bits per heavy atom. The fraction of sp³-hybridized carbons (Fsp3) is 0.500. The quantitative estimate of drug-likeness (QED) is 0.508. The van der Waals surface area contributed by atoms with Crippen molar-refractivity contribution in [1.82, 2.24) is 0 Å². The Morgan fingerprint density at radius 3 is 2.32 bits per heavy atom. The topological polar surface area (TPSA) is 52.3 Å². The first-order valence-corrected chi connectivity index (χ1v) is 6.53. The summed E-state index contributed by atoms with van der Waals surface area (Å²) in [6.45, 7) is 0. The van der Waals surface area contributed by atoms with E-state index >= 15 is 0 Å². The van der Waals surface area contributed by atoms with Gasteiger partial charge in [0.15, 0.2) is 11.6 Å². The molecule has 1 fully saturated rings. The zero-order valence-corrected chi connectivity index (χ0v) is 10.6. The van der Waals surface area contributed by atoms with E-state index in [-0.39, 0.29) is 17.4 Å². The number of carbonyl (C=O) groups is 1. The molecule has 0 bridgehead atoms. The van der Waals surface area contributed by atoms with Gasteiger partial charge in [-0.05, 0) is 31.7 Å². The lowest BCUT2D eigenvalue weighted by molar-refractivity contribution is 0.0268. The minimum atomic E-state index is -1.10. The van der Waals surface area contributed by atoms with Gasteiger partial charge in [-0.25, -0.2) is 13.6 Å². The van der Waals surface area contributed by atoms with Gasteiger partial charge in [-0.2, -0.15) is 0 Å². The summed E-state index contributed by atoms with van der Waals surface area (Å²) < 4.78 is 31.4. The van der Waals surface area contributed by atoms with Crippen molar-refractivity contribution in [1.29, 1.82) is 0 Å². The number of hydrogen-bond acceptors (Lipinski definition) is 3. The first-order valence-electron chi connectivity index (χ1n) is 6.53. The van der Waals surface area contributed by atoms with Gasteiger partial charge < -0.3 is 10.5 Å². The Kier molecular flexibility index (Phi) is 4.35. The van der Waals surface area contributed by atoms with E-state index in [0.29, 0.717) is 0 Å². The largest absolute Gasteiger partial charge is 0.459 e. The van der Waals surface area contributed by atoms with Crippen molar-refractivity contribution >= 4 is 11.7 Å². The van der Waals surface area contributed by atoms with Gasteiger partial charge in [-0.1, -0.05) is 12.8 Å². The van der Waals surface area contributed by atoms with Gasteiger partial charge in [0.05, 0.1) is 5.56 Å². The molecule has 0 heterocycles. The van der Waals surface area contributed by atoms with Crippen LogP contribution in [-0.2, 0) is 4.74 Å². The first kappa shape index (κ1) is 13.8. The van der Waals surface area contributed by atoms with Crippen molar-refractivity contribution < 1.29 is 18.3 Å². The van der Waals surface area contributed by atoms with Gasteiger partial charge >= 0.3 is 5.97 Å². The van der Waals surface area contributed by atoms with Crippen LogP contribution in [0.4, 0.5) is 14.5 Å². The Morgan fingerprint density at radius 1 is 1.11 bits per heavy atom. The van der Waals surface area contributed by atoms with Crippen LogP contribution in [0.3, 0.4) is 0 Å². The maximum atomic E-state index is 13.1. The second kappa shape index (κ2) is 5.99. The summed E-state index contributed by atoms with van der Waals surface area (Å²) >= 11 is 0. The molecular formula is C14H17F2NO2. The van der Waals surface area contributed by atoms with E-state index in [1.165, 1.54) is 0 Å². The molecular weight excluding hydrogens is 252 g/mol. The number of anilines is 1. The number of nitrogens with two attached hydrogens (primary N) is 1. The standard InChI is InChI=1S/C14H17F2NO2/c15-11-7-10(13(17)8-12(11)16)14(18)19-9-5-3-1-2-4-6-9/h7-9H,1-6,17H2. The second-order valence-electron chi connectivity index (χ2n) is 4.87. The van der Waals surface area contributed by atoms with E-state index in [4.69, 9.17) is 10.5 Å². The maximum absolute atomic E-state index is 13.1. The molecule has 0 radical (unpaired) electrons. The number of esters is 1. The van der Waals surface area contributed by atoms with E-state index in [1.807, 2.05) is 0 Å². The molecule has 2 rings (SSSR count). The number of nitrogen functional groups attached to an aromatic ring is 1. The van der Waals surface area contributed by atoms with Crippen LogP contribution in [0.15, 0.2) is 12.1 Å². The van der Waals surface area contributed by atoms with Crippen LogP contribution in [0, 0.1) is 11.6 Å². The molecule has 19 heavy (non-hydrogen) atoms. The molecule has 0 aromatic heterocycles. The monoisotopic (exact) mass is 269 g/mol. The van der Waals surface area contributed by atoms with Crippen molar-refractivity contribution in [2.24, 2.45) is 0 Å². The molecule has 0 aliphatic heterocycles. The molecule has 104 valence electrons. The van der Waals surface area contributed by atoms with Crippen molar-refractivity contribution in [2.45, 2.75) is 44.6 Å². The molecule has 1 saturated carbocycles. The zero-order chi connectivity index (χ0) is 13.8. The Balaban J connectivity index is 2.08. The third-order valence-corrected chi connectivity index (χ3v) is 3.39. The predicted molar refractivity (Wildman–Crippen MR) is 67.7 cm³/mol. The van der Waals surface area contributed by atoms with Crippen molar-refractivity contribution in [3.05, 3.63) is 29.3 Å². The average Bonchev–Trinajstić information content (AvgIpc) is 2.62. The SMILES string of the molecule is Nc1cc(F)c(F)cc1C(=O)OC1CCCCCC1. The number of rotatable bonds is 2. The number of hydrogen-bond donors (Lipinski definition) is 1. The second-order valence-corrected chi connectivity index (χ2v) is 4.87. The molecule has 5 heteroatoms. The summed E-state index contributed by atoms with van der Waals surface area (Å²) in [6, 6.07) is 1.60. The maximum Gasteiger partial charge on any atom is 0.340 e. The van der Waals surface area contributed by atoms with Crippen LogP contribution in [0.5, 0.6) is 0 Å². The minimum Gasteiger partial charge on any atom is -0.459 e. The summed E-state index contributed by atoms with van der Waals surface area (Å²) in [5.41, 5.74) is 5.31. The lowest BCUT2D eigenvalue weighted by atomic mass is 10.1. The molecule has 1 aromatic rings. The molecule has 2 N–H and O–H groups in total. The third-order valence-electron chi connectivity index (χ3n) is 3.39. The van der Waals surface area contributed by atoms with Crippen LogP contribution in [0.1, 0.15) is 48.9 Å². The predicted octanol–water partition coefficient (Wildman–Crippen LogP) is 3.43. The smallest absolute Gasteiger partial charge is 0.340 e. The minimum absolute atomic E-state index is 0.0995. The van der Waals surface area contributed by atoms with Gasteiger partial charge in [0, 0.05) is 11.8 Å². The van der Waals surface area contributed by atoms with Crippen LogP contribution in [0.25, 0.3) is 0 Å². The molecule has 0 saturated heterocycles. The lowest BCUT2D eigenvalue weighted by Crippen LogP contribution is -2.19. The Bertz CT molecular complexity index is 469. The Labute approximate surface area is 110 Å². The number of carbonyl (C=O) groups excluding carboxylic acids is 1. The van der Waals surface area contributed by atoms with Crippen LogP contribution >= 0.6 is 0 Å². The van der Waals surface area contributed by atoms with Crippen LogP contribution in [-0.4, -0.2) is 12.1 Å². The average molecular weight is 269 g/mol. The van der Waals surface area contributed by atoms with Crippen molar-refractivity contribution in [2.75, 3.05) is 5.73 Å². The van der Waals surface area contributed by atoms with E-state index in [2.05, 4.69) is 0 Å². The highest BCUT2D eigenvalue weighted by atomic mass is 19.2. The van der Waals surface area contributed by atoms with Crippen molar-refractivity contribution in [3.8, 4) is 0 Å². The zero-order valence-electron chi connectivity index (χ0n) is 10.6. The highest BCUT2D eigenvalue weighted by Crippen LogP contribution is 2.23. The van der Waals surface area contributed by atoms with Gasteiger partial charge in [0.1, 0.15) is 6.10 Å². The lowest BCUT2D eigenvalue weighted by Gasteiger charge is -2.16. The molecule has 0 unspecified atom stereocenters. The molecule has 1 aliphatic carbocycles. The van der Waals surface area contributed by atoms with Gasteiger partial charge in [-0.15, -0.1) is 0 Å². The fourth-order valence-electron chi connectivity index (χ4n) is 2.31. The number of benzene rings is 1. The summed E-state index contributed by atoms with van der Waals surface area (Å²) in [4.78, 5) is 11.9. The van der Waals surface area contributed by atoms with E-state index < -0.39 is 17.6 Å². The van der Waals surface area contributed by atoms with E-state index in [9.17, 15) is 13.6 Å². The van der Waals surface area contributed by atoms with Crippen LogP contribution < -0.4 is 5.73 Å². The van der Waals surface area contributed by atoms with Gasteiger partial charge in [0.25, 0.3) is 0 Å². The highest BCUT2D eigenvalue weighted by Gasteiger charge is 2.21. The van der Waals surface area contributed by atoms with Gasteiger partial charge in [-0.3, -0.25) is 0 Å². The summed E-state index contributed by atoms with van der Waals surface area (Å²) in [5, 5.41) is 0. The molecule has 3 nitrogen and oxygen atoms in total. The first-order chi connectivity index (χ1) is 9.08. The summed E-state index contributed by atoms with van der Waals surface area (Å²) in [6.07, 6.45) is 5.80. The molecule has 0 amide bonds. The summed E-state index contributed by atoms with van der Waals surface area (Å²) in [5.74, 6) is -2.84. The molecule has 0 spiro atoms. The molecule has 0 atom stereocenters. The number of halogens is 2. The van der Waals surface area contributed by atoms with Gasteiger partial charge in [0.2, 0.25) is 0 Å². The number of ether oxygens (including phenoxy) is 1. The Hall–Kier alpha value is -1.65. The fourth-order valence-corrected chi connectivity index (χ4v) is 2.31. The third kappa shape index (κ3) is 3.43. The van der Waals surface area contributed by atoms with E-state index in [1.54, 1.807) is 0 Å². The molecule has 1 aromatic carbocycles. The van der Waals surface area contributed by atoms with E-state index in [0.717, 1.165) is 50.7 Å².